The van der Waals surface area contributed by atoms with E-state index in [1.54, 1.807) is 39.8 Å². The van der Waals surface area contributed by atoms with Gasteiger partial charge in [-0.25, -0.2) is 4.98 Å². The summed E-state index contributed by atoms with van der Waals surface area (Å²) in [6, 6.07) is 3.18. The fraction of sp³-hybridized carbons (Fsp3) is 0.615. The van der Waals surface area contributed by atoms with Crippen molar-refractivity contribution < 1.29 is 25.0 Å². The van der Waals surface area contributed by atoms with Crippen molar-refractivity contribution in [2.45, 2.75) is 45.8 Å². The molecule has 1 aromatic heterocycles. The van der Waals surface area contributed by atoms with Crippen LogP contribution in [0.4, 0.5) is 0 Å². The molecule has 1 rings (SSSR count). The number of hydrogen-bond acceptors (Lipinski definition) is 6. The van der Waals surface area contributed by atoms with Gasteiger partial charge < -0.3 is 25.0 Å². The van der Waals surface area contributed by atoms with Gasteiger partial charge in [-0.15, -0.1) is 0 Å². The highest BCUT2D eigenvalue weighted by Crippen LogP contribution is 2.19. The molecule has 0 amide bonds. The summed E-state index contributed by atoms with van der Waals surface area (Å²) in [4.78, 5) is 3.85. The van der Waals surface area contributed by atoms with Crippen molar-refractivity contribution in [3.8, 4) is 5.88 Å². The molecular weight excluding hydrogens is 261 g/mol. The van der Waals surface area contributed by atoms with E-state index in [0.717, 1.165) is 0 Å². The zero-order chi connectivity index (χ0) is 16.0. The standard InChI is InChI=1S/C7H10BNO3.C6H14O2/c1-2-12-7-6(8(10)11)4-3-5-9-7;1-5(2,7)6(3,4)8/h3-5,10-11H,2H2,1H3;7-8H,1-4H3. The van der Waals surface area contributed by atoms with Crippen LogP contribution >= 0.6 is 0 Å². The minimum absolute atomic E-state index is 0.273. The molecule has 0 atom stereocenters. The first-order chi connectivity index (χ1) is 9.00. The van der Waals surface area contributed by atoms with Gasteiger partial charge in [-0.1, -0.05) is 6.07 Å². The van der Waals surface area contributed by atoms with Gasteiger partial charge in [0.05, 0.1) is 17.8 Å². The molecule has 0 aliphatic rings. The van der Waals surface area contributed by atoms with Gasteiger partial charge in [0, 0.05) is 11.7 Å². The molecule has 0 saturated carbocycles. The molecule has 0 aromatic carbocycles. The summed E-state index contributed by atoms with van der Waals surface area (Å²) >= 11 is 0. The summed E-state index contributed by atoms with van der Waals surface area (Å²) in [5, 5.41) is 35.9. The lowest BCUT2D eigenvalue weighted by atomic mass is 9.81. The van der Waals surface area contributed by atoms with Crippen LogP contribution in [-0.2, 0) is 0 Å². The summed E-state index contributed by atoms with van der Waals surface area (Å²) in [6.45, 7) is 8.57. The molecule has 0 aliphatic carbocycles. The Morgan fingerprint density at radius 2 is 1.65 bits per heavy atom. The molecule has 1 aromatic rings. The highest BCUT2D eigenvalue weighted by Gasteiger charge is 2.31. The predicted octanol–water partition coefficient (Wildman–Crippen LogP) is -0.312. The van der Waals surface area contributed by atoms with Gasteiger partial charge in [0.25, 0.3) is 0 Å². The lowest BCUT2D eigenvalue weighted by Crippen LogP contribution is -2.44. The maximum Gasteiger partial charge on any atom is 0.494 e. The number of aliphatic hydroxyl groups is 2. The zero-order valence-electron chi connectivity index (χ0n) is 12.7. The van der Waals surface area contributed by atoms with E-state index in [4.69, 9.17) is 25.0 Å². The zero-order valence-corrected chi connectivity index (χ0v) is 12.7. The van der Waals surface area contributed by atoms with Crippen molar-refractivity contribution in [1.82, 2.24) is 4.98 Å². The van der Waals surface area contributed by atoms with Crippen molar-refractivity contribution in [3.63, 3.8) is 0 Å². The predicted molar refractivity (Wildman–Crippen MR) is 77.8 cm³/mol. The van der Waals surface area contributed by atoms with E-state index in [1.807, 2.05) is 6.92 Å². The van der Waals surface area contributed by atoms with Crippen LogP contribution in [0.3, 0.4) is 0 Å². The molecule has 0 spiro atoms. The first kappa shape index (κ1) is 18.9. The van der Waals surface area contributed by atoms with E-state index in [0.29, 0.717) is 12.1 Å². The van der Waals surface area contributed by atoms with Crippen LogP contribution in [0.5, 0.6) is 5.88 Å². The van der Waals surface area contributed by atoms with E-state index in [-0.39, 0.29) is 5.88 Å². The second-order valence-corrected chi connectivity index (χ2v) is 5.32. The Labute approximate surface area is 120 Å². The van der Waals surface area contributed by atoms with Gasteiger partial charge in [0.1, 0.15) is 0 Å². The molecule has 0 aliphatic heterocycles. The van der Waals surface area contributed by atoms with Crippen molar-refractivity contribution in [1.29, 1.82) is 0 Å². The molecule has 1 heterocycles. The Bertz CT molecular complexity index is 386. The van der Waals surface area contributed by atoms with Crippen molar-refractivity contribution in [2.24, 2.45) is 0 Å². The Morgan fingerprint density at radius 1 is 1.15 bits per heavy atom. The van der Waals surface area contributed by atoms with Crippen molar-refractivity contribution in [2.75, 3.05) is 6.61 Å². The molecule has 0 radical (unpaired) electrons. The molecule has 114 valence electrons. The Morgan fingerprint density at radius 3 is 2.00 bits per heavy atom. The summed E-state index contributed by atoms with van der Waals surface area (Å²) in [5.41, 5.74) is -1.72. The Balaban J connectivity index is 0.000000396. The van der Waals surface area contributed by atoms with Gasteiger partial charge in [0.15, 0.2) is 0 Å². The van der Waals surface area contributed by atoms with Crippen LogP contribution in [0.25, 0.3) is 0 Å². The average molecular weight is 285 g/mol. The number of rotatable bonds is 4. The minimum Gasteiger partial charge on any atom is -0.478 e. The summed E-state index contributed by atoms with van der Waals surface area (Å²) in [6.07, 6.45) is 1.54. The van der Waals surface area contributed by atoms with E-state index in [2.05, 4.69) is 4.98 Å². The summed E-state index contributed by atoms with van der Waals surface area (Å²) < 4.78 is 5.07. The summed E-state index contributed by atoms with van der Waals surface area (Å²) in [7, 11) is -1.53. The molecule has 0 saturated heterocycles. The molecular formula is C13H24BNO5. The molecule has 7 heteroatoms. The maximum atomic E-state index is 9.10. The lowest BCUT2D eigenvalue weighted by molar-refractivity contribution is -0.107. The van der Waals surface area contributed by atoms with Crippen LogP contribution in [0.15, 0.2) is 18.3 Å². The van der Waals surface area contributed by atoms with E-state index < -0.39 is 18.3 Å². The van der Waals surface area contributed by atoms with Crippen LogP contribution in [0.1, 0.15) is 34.6 Å². The van der Waals surface area contributed by atoms with Gasteiger partial charge in [-0.3, -0.25) is 0 Å². The largest absolute Gasteiger partial charge is 0.494 e. The average Bonchev–Trinajstić information content (AvgIpc) is 2.28. The molecule has 0 fully saturated rings. The van der Waals surface area contributed by atoms with Crippen LogP contribution in [0, 0.1) is 0 Å². The maximum absolute atomic E-state index is 9.10. The highest BCUT2D eigenvalue weighted by molar-refractivity contribution is 6.59. The van der Waals surface area contributed by atoms with Crippen LogP contribution in [-0.4, -0.2) is 50.2 Å². The third kappa shape index (κ3) is 6.34. The highest BCUT2D eigenvalue weighted by atomic mass is 16.5. The second-order valence-electron chi connectivity index (χ2n) is 5.32. The normalized spacial score (nSPS) is 11.4. The smallest absolute Gasteiger partial charge is 0.478 e. The topological polar surface area (TPSA) is 103 Å². The van der Waals surface area contributed by atoms with E-state index in [1.165, 1.54) is 6.20 Å². The van der Waals surface area contributed by atoms with Crippen molar-refractivity contribution in [3.05, 3.63) is 18.3 Å². The first-order valence-corrected chi connectivity index (χ1v) is 6.39. The SMILES string of the molecule is CC(C)(O)C(C)(C)O.CCOc1ncccc1B(O)O. The molecule has 6 nitrogen and oxygen atoms in total. The minimum atomic E-state index is -1.53. The molecule has 0 unspecified atom stereocenters. The third-order valence-electron chi connectivity index (χ3n) is 2.86. The number of nitrogens with zero attached hydrogens (tertiary/aromatic N) is 1. The molecule has 20 heavy (non-hydrogen) atoms. The number of hydrogen-bond donors (Lipinski definition) is 4. The Kier molecular flexibility index (Phi) is 7.15. The van der Waals surface area contributed by atoms with Gasteiger partial charge in [-0.05, 0) is 40.7 Å². The van der Waals surface area contributed by atoms with Gasteiger partial charge >= 0.3 is 7.12 Å². The first-order valence-electron chi connectivity index (χ1n) is 6.39. The van der Waals surface area contributed by atoms with Crippen LogP contribution in [0.2, 0.25) is 0 Å². The molecule has 4 N–H and O–H groups in total. The summed E-state index contributed by atoms with van der Waals surface area (Å²) in [5.74, 6) is 0.273. The number of aromatic nitrogens is 1. The van der Waals surface area contributed by atoms with Crippen LogP contribution < -0.4 is 10.2 Å². The fourth-order valence-electron chi connectivity index (χ4n) is 0.857. The second kappa shape index (κ2) is 7.59. The molecule has 0 bridgehead atoms. The Hall–Kier alpha value is -1.15. The van der Waals surface area contributed by atoms with Gasteiger partial charge in [-0.2, -0.15) is 0 Å². The lowest BCUT2D eigenvalue weighted by Gasteiger charge is -2.31. The third-order valence-corrected chi connectivity index (χ3v) is 2.86. The van der Waals surface area contributed by atoms with E-state index in [9.17, 15) is 0 Å². The van der Waals surface area contributed by atoms with Crippen molar-refractivity contribution >= 4 is 12.6 Å². The van der Waals surface area contributed by atoms with Gasteiger partial charge in [0.2, 0.25) is 5.88 Å². The number of ether oxygens (including phenoxy) is 1. The quantitative estimate of drug-likeness (QED) is 0.566. The number of pyridine rings is 1. The monoisotopic (exact) mass is 285 g/mol. The fourth-order valence-corrected chi connectivity index (χ4v) is 0.857. The van der Waals surface area contributed by atoms with E-state index >= 15 is 0 Å².